The van der Waals surface area contributed by atoms with Gasteiger partial charge in [-0.1, -0.05) is 19.9 Å². The first-order valence-electron chi connectivity index (χ1n) is 7.26. The summed E-state index contributed by atoms with van der Waals surface area (Å²) in [5, 5.41) is 13.2. The van der Waals surface area contributed by atoms with Gasteiger partial charge < -0.3 is 19.9 Å². The molecule has 1 aromatic carbocycles. The fourth-order valence-electron chi connectivity index (χ4n) is 2.98. The molecule has 0 amide bonds. The van der Waals surface area contributed by atoms with Crippen molar-refractivity contribution in [2.45, 2.75) is 50.8 Å². The zero-order chi connectivity index (χ0) is 14.6. The molecule has 2 atom stereocenters. The van der Waals surface area contributed by atoms with Crippen molar-refractivity contribution in [2.75, 3.05) is 13.7 Å². The van der Waals surface area contributed by atoms with Crippen LogP contribution in [0.2, 0.25) is 0 Å². The van der Waals surface area contributed by atoms with Gasteiger partial charge in [-0.3, -0.25) is 0 Å². The van der Waals surface area contributed by atoms with Crippen LogP contribution in [-0.2, 0) is 0 Å². The average molecular weight is 279 g/mol. The van der Waals surface area contributed by atoms with Crippen LogP contribution >= 0.6 is 0 Å². The molecule has 0 saturated heterocycles. The number of ether oxygens (including phenoxy) is 2. The average Bonchev–Trinajstić information content (AvgIpc) is 2.82. The first-order chi connectivity index (χ1) is 9.57. The molecule has 1 aromatic rings. The summed E-state index contributed by atoms with van der Waals surface area (Å²) in [6.45, 7) is 4.37. The van der Waals surface area contributed by atoms with E-state index < -0.39 is 0 Å². The normalized spacial score (nSPS) is 25.9. The lowest BCUT2D eigenvalue weighted by molar-refractivity contribution is 0.133. The second-order valence-electron chi connectivity index (χ2n) is 5.90. The van der Waals surface area contributed by atoms with Crippen LogP contribution < -0.4 is 14.8 Å². The maximum atomic E-state index is 9.69. The van der Waals surface area contributed by atoms with Crippen molar-refractivity contribution >= 4 is 0 Å². The second-order valence-corrected chi connectivity index (χ2v) is 5.90. The molecule has 0 radical (unpaired) electrons. The molecule has 0 bridgehead atoms. The van der Waals surface area contributed by atoms with E-state index in [0.29, 0.717) is 6.04 Å². The molecule has 2 rings (SSSR count). The Morgan fingerprint density at radius 1 is 1.40 bits per heavy atom. The van der Waals surface area contributed by atoms with Crippen molar-refractivity contribution in [3.8, 4) is 11.5 Å². The molecular formula is C16H25NO3. The number of hydrogen-bond donors (Lipinski definition) is 2. The third-order valence-corrected chi connectivity index (χ3v) is 3.80. The predicted octanol–water partition coefficient (Wildman–Crippen LogP) is 2.36. The largest absolute Gasteiger partial charge is 0.497 e. The molecule has 20 heavy (non-hydrogen) atoms. The molecule has 112 valence electrons. The standard InChI is InChI=1S/C16H25NO3/c1-12(2)17-16(11-18)8-7-15(10-16)20-14-6-4-5-13(9-14)19-3/h4-6,9,12,15,17-18H,7-8,10-11H2,1-3H3. The maximum absolute atomic E-state index is 9.69. The van der Waals surface area contributed by atoms with Crippen LogP contribution in [0, 0.1) is 0 Å². The van der Waals surface area contributed by atoms with Gasteiger partial charge in [-0.25, -0.2) is 0 Å². The summed E-state index contributed by atoms with van der Waals surface area (Å²) in [4.78, 5) is 0. The monoisotopic (exact) mass is 279 g/mol. The van der Waals surface area contributed by atoms with Crippen molar-refractivity contribution in [3.63, 3.8) is 0 Å². The van der Waals surface area contributed by atoms with Crippen LogP contribution in [0.25, 0.3) is 0 Å². The van der Waals surface area contributed by atoms with Crippen molar-refractivity contribution in [1.29, 1.82) is 0 Å². The number of nitrogens with one attached hydrogen (secondary N) is 1. The summed E-state index contributed by atoms with van der Waals surface area (Å²) in [6.07, 6.45) is 2.87. The third-order valence-electron chi connectivity index (χ3n) is 3.80. The van der Waals surface area contributed by atoms with Gasteiger partial charge in [0.1, 0.15) is 17.6 Å². The number of aliphatic hydroxyl groups is 1. The topological polar surface area (TPSA) is 50.7 Å². The zero-order valence-electron chi connectivity index (χ0n) is 12.6. The summed E-state index contributed by atoms with van der Waals surface area (Å²) >= 11 is 0. The smallest absolute Gasteiger partial charge is 0.123 e. The Labute approximate surface area is 121 Å². The van der Waals surface area contributed by atoms with E-state index in [4.69, 9.17) is 9.47 Å². The first-order valence-corrected chi connectivity index (χ1v) is 7.26. The summed E-state index contributed by atoms with van der Waals surface area (Å²) in [7, 11) is 1.65. The molecule has 4 heteroatoms. The third kappa shape index (κ3) is 3.64. The van der Waals surface area contributed by atoms with Gasteiger partial charge >= 0.3 is 0 Å². The molecule has 0 spiro atoms. The molecule has 2 N–H and O–H groups in total. The highest BCUT2D eigenvalue weighted by molar-refractivity contribution is 5.33. The fraction of sp³-hybridized carbons (Fsp3) is 0.625. The summed E-state index contributed by atoms with van der Waals surface area (Å²) < 4.78 is 11.2. The highest BCUT2D eigenvalue weighted by Crippen LogP contribution is 2.33. The van der Waals surface area contributed by atoms with Crippen LogP contribution in [0.1, 0.15) is 33.1 Å². The Morgan fingerprint density at radius 3 is 2.80 bits per heavy atom. The van der Waals surface area contributed by atoms with Crippen LogP contribution in [0.3, 0.4) is 0 Å². The summed E-state index contributed by atoms with van der Waals surface area (Å²) in [5.74, 6) is 1.63. The highest BCUT2D eigenvalue weighted by Gasteiger charge is 2.40. The van der Waals surface area contributed by atoms with E-state index >= 15 is 0 Å². The molecule has 1 aliphatic carbocycles. The van der Waals surface area contributed by atoms with Crippen LogP contribution in [0.15, 0.2) is 24.3 Å². The van der Waals surface area contributed by atoms with Crippen molar-refractivity contribution in [1.82, 2.24) is 5.32 Å². The molecular weight excluding hydrogens is 254 g/mol. The van der Waals surface area contributed by atoms with E-state index in [1.54, 1.807) is 7.11 Å². The molecule has 1 saturated carbocycles. The lowest BCUT2D eigenvalue weighted by atomic mass is 9.97. The Kier molecular flexibility index (Phi) is 4.89. The number of hydrogen-bond acceptors (Lipinski definition) is 4. The summed E-state index contributed by atoms with van der Waals surface area (Å²) in [5.41, 5.74) is -0.197. The lowest BCUT2D eigenvalue weighted by Crippen LogP contribution is -2.50. The Balaban J connectivity index is 1.98. The zero-order valence-corrected chi connectivity index (χ0v) is 12.6. The van der Waals surface area contributed by atoms with Crippen LogP contribution in [-0.4, -0.2) is 36.5 Å². The Bertz CT molecular complexity index is 435. The maximum Gasteiger partial charge on any atom is 0.123 e. The predicted molar refractivity (Wildman–Crippen MR) is 79.3 cm³/mol. The summed E-state index contributed by atoms with van der Waals surface area (Å²) in [6, 6.07) is 8.03. The fourth-order valence-corrected chi connectivity index (χ4v) is 2.98. The number of rotatable bonds is 6. The van der Waals surface area contributed by atoms with Crippen LogP contribution in [0.5, 0.6) is 11.5 Å². The van der Waals surface area contributed by atoms with Gasteiger partial charge in [0.15, 0.2) is 0 Å². The van der Waals surface area contributed by atoms with E-state index in [0.717, 1.165) is 30.8 Å². The van der Waals surface area contributed by atoms with Gasteiger partial charge in [0.2, 0.25) is 0 Å². The van der Waals surface area contributed by atoms with Crippen molar-refractivity contribution in [3.05, 3.63) is 24.3 Å². The minimum Gasteiger partial charge on any atom is -0.497 e. The van der Waals surface area contributed by atoms with Gasteiger partial charge in [-0.15, -0.1) is 0 Å². The van der Waals surface area contributed by atoms with E-state index in [2.05, 4.69) is 19.2 Å². The van der Waals surface area contributed by atoms with E-state index in [1.165, 1.54) is 0 Å². The Morgan fingerprint density at radius 2 is 2.15 bits per heavy atom. The molecule has 0 aliphatic heterocycles. The van der Waals surface area contributed by atoms with E-state index in [9.17, 15) is 5.11 Å². The SMILES string of the molecule is COc1cccc(OC2CCC(CO)(NC(C)C)C2)c1. The molecule has 2 unspecified atom stereocenters. The lowest BCUT2D eigenvalue weighted by Gasteiger charge is -2.30. The van der Waals surface area contributed by atoms with Crippen molar-refractivity contribution < 1.29 is 14.6 Å². The number of benzene rings is 1. The van der Waals surface area contributed by atoms with E-state index in [1.807, 2.05) is 24.3 Å². The van der Waals surface area contributed by atoms with E-state index in [-0.39, 0.29) is 18.2 Å². The highest BCUT2D eigenvalue weighted by atomic mass is 16.5. The van der Waals surface area contributed by atoms with Crippen molar-refractivity contribution in [2.24, 2.45) is 0 Å². The van der Waals surface area contributed by atoms with Gasteiger partial charge in [-0.2, -0.15) is 0 Å². The molecule has 4 nitrogen and oxygen atoms in total. The van der Waals surface area contributed by atoms with Gasteiger partial charge in [-0.05, 0) is 25.0 Å². The number of methoxy groups -OCH3 is 1. The minimum absolute atomic E-state index is 0.139. The number of aliphatic hydroxyl groups excluding tert-OH is 1. The second kappa shape index (κ2) is 6.46. The Hall–Kier alpha value is -1.26. The van der Waals surface area contributed by atoms with Crippen LogP contribution in [0.4, 0.5) is 0 Å². The minimum atomic E-state index is -0.197. The first kappa shape index (κ1) is 15.1. The van der Waals surface area contributed by atoms with Gasteiger partial charge in [0.25, 0.3) is 0 Å². The molecule has 1 aliphatic rings. The molecule has 0 aromatic heterocycles. The van der Waals surface area contributed by atoms with Gasteiger partial charge in [0.05, 0.1) is 13.7 Å². The molecule has 1 fully saturated rings. The molecule has 0 heterocycles. The van der Waals surface area contributed by atoms with Gasteiger partial charge in [0, 0.05) is 24.1 Å². The quantitative estimate of drug-likeness (QED) is 0.839.